The van der Waals surface area contributed by atoms with Crippen molar-refractivity contribution in [2.75, 3.05) is 13.1 Å². The molecule has 2 aromatic carbocycles. The number of hydrogen-bond donors (Lipinski definition) is 2. The third-order valence-corrected chi connectivity index (χ3v) is 4.74. The second-order valence-electron chi connectivity index (χ2n) is 6.67. The van der Waals surface area contributed by atoms with Gasteiger partial charge in [-0.25, -0.2) is 4.79 Å². The lowest BCUT2D eigenvalue weighted by molar-refractivity contribution is 0.0589. The maximum Gasteiger partial charge on any atom is 0.411 e. The molecule has 26 heavy (non-hydrogen) atoms. The number of nitrogens with one attached hydrogen (secondary N) is 1. The van der Waals surface area contributed by atoms with Gasteiger partial charge in [0.2, 0.25) is 0 Å². The van der Waals surface area contributed by atoms with Gasteiger partial charge in [-0.15, -0.1) is 0 Å². The van der Waals surface area contributed by atoms with E-state index in [1.54, 1.807) is 4.90 Å². The van der Waals surface area contributed by atoms with E-state index in [9.17, 15) is 4.79 Å². The van der Waals surface area contributed by atoms with Crippen LogP contribution in [0.2, 0.25) is 0 Å². The molecule has 1 fully saturated rings. The number of nitrogens with two attached hydrogens (primary N) is 1. The van der Waals surface area contributed by atoms with E-state index in [-0.39, 0.29) is 18.3 Å². The molecule has 1 aliphatic heterocycles. The van der Waals surface area contributed by atoms with Crippen molar-refractivity contribution in [3.63, 3.8) is 0 Å². The zero-order valence-electron chi connectivity index (χ0n) is 15.0. The SMILES string of the molecule is NC(CNC1CCCCN1C(=O)OCc1ccccc1)c1ccccc1. The van der Waals surface area contributed by atoms with E-state index in [2.05, 4.69) is 5.32 Å². The van der Waals surface area contributed by atoms with E-state index < -0.39 is 0 Å². The van der Waals surface area contributed by atoms with Gasteiger partial charge in [-0.05, 0) is 30.4 Å². The number of nitrogens with zero attached hydrogens (tertiary/aromatic N) is 1. The average molecular weight is 353 g/mol. The molecule has 1 aliphatic rings. The van der Waals surface area contributed by atoms with Crippen LogP contribution < -0.4 is 11.1 Å². The van der Waals surface area contributed by atoms with Crippen molar-refractivity contribution in [2.45, 2.75) is 38.1 Å². The molecular weight excluding hydrogens is 326 g/mol. The Morgan fingerprint density at radius 1 is 1.12 bits per heavy atom. The molecule has 2 unspecified atom stereocenters. The summed E-state index contributed by atoms with van der Waals surface area (Å²) in [5.41, 5.74) is 8.36. The summed E-state index contributed by atoms with van der Waals surface area (Å²) in [4.78, 5) is 14.3. The maximum absolute atomic E-state index is 12.5. The van der Waals surface area contributed by atoms with E-state index in [1.807, 2.05) is 60.7 Å². The molecule has 1 heterocycles. The summed E-state index contributed by atoms with van der Waals surface area (Å²) in [5.74, 6) is 0. The van der Waals surface area contributed by atoms with E-state index >= 15 is 0 Å². The summed E-state index contributed by atoms with van der Waals surface area (Å²) in [7, 11) is 0. The first-order valence-electron chi connectivity index (χ1n) is 9.25. The minimum Gasteiger partial charge on any atom is -0.445 e. The number of benzene rings is 2. The Labute approximate surface area is 155 Å². The van der Waals surface area contributed by atoms with Crippen LogP contribution in [0, 0.1) is 0 Å². The fourth-order valence-electron chi connectivity index (χ4n) is 3.25. The van der Waals surface area contributed by atoms with Crippen LogP contribution in [-0.4, -0.2) is 30.2 Å². The highest BCUT2D eigenvalue weighted by molar-refractivity contribution is 5.68. The van der Waals surface area contributed by atoms with Gasteiger partial charge in [0.05, 0.1) is 6.17 Å². The Morgan fingerprint density at radius 2 is 1.81 bits per heavy atom. The maximum atomic E-state index is 12.5. The first kappa shape index (κ1) is 18.4. The summed E-state index contributed by atoms with van der Waals surface area (Å²) in [6.45, 7) is 1.63. The highest BCUT2D eigenvalue weighted by Gasteiger charge is 2.28. The highest BCUT2D eigenvalue weighted by atomic mass is 16.6. The molecule has 3 rings (SSSR count). The lowest BCUT2D eigenvalue weighted by Crippen LogP contribution is -2.52. The summed E-state index contributed by atoms with van der Waals surface area (Å²) >= 11 is 0. The van der Waals surface area contributed by atoms with Crippen LogP contribution >= 0.6 is 0 Å². The molecule has 138 valence electrons. The van der Waals surface area contributed by atoms with Gasteiger partial charge in [0.25, 0.3) is 0 Å². The van der Waals surface area contributed by atoms with Gasteiger partial charge in [0.1, 0.15) is 6.61 Å². The number of piperidine rings is 1. The molecule has 5 heteroatoms. The first-order chi connectivity index (χ1) is 12.7. The Balaban J connectivity index is 1.52. The topological polar surface area (TPSA) is 67.6 Å². The van der Waals surface area contributed by atoms with E-state index in [0.717, 1.165) is 30.4 Å². The zero-order chi connectivity index (χ0) is 18.2. The van der Waals surface area contributed by atoms with E-state index in [0.29, 0.717) is 19.7 Å². The Hall–Kier alpha value is -2.37. The number of amides is 1. The molecule has 2 aromatic rings. The van der Waals surface area contributed by atoms with Gasteiger partial charge in [0.15, 0.2) is 0 Å². The Kier molecular flexibility index (Phi) is 6.63. The van der Waals surface area contributed by atoms with Crippen LogP contribution in [0.3, 0.4) is 0 Å². The van der Waals surface area contributed by atoms with Gasteiger partial charge >= 0.3 is 6.09 Å². The molecule has 5 nitrogen and oxygen atoms in total. The molecule has 2 atom stereocenters. The van der Waals surface area contributed by atoms with Crippen LogP contribution in [-0.2, 0) is 11.3 Å². The van der Waals surface area contributed by atoms with Gasteiger partial charge < -0.3 is 10.5 Å². The monoisotopic (exact) mass is 353 g/mol. The van der Waals surface area contributed by atoms with Crippen LogP contribution in [0.1, 0.15) is 36.4 Å². The molecule has 0 radical (unpaired) electrons. The second kappa shape index (κ2) is 9.36. The lowest BCUT2D eigenvalue weighted by Gasteiger charge is -2.36. The van der Waals surface area contributed by atoms with Crippen LogP contribution in [0.5, 0.6) is 0 Å². The highest BCUT2D eigenvalue weighted by Crippen LogP contribution is 2.18. The second-order valence-corrected chi connectivity index (χ2v) is 6.67. The zero-order valence-corrected chi connectivity index (χ0v) is 15.0. The minimum absolute atomic E-state index is 0.0261. The summed E-state index contributed by atoms with van der Waals surface area (Å²) in [6.07, 6.45) is 2.73. The van der Waals surface area contributed by atoms with Crippen molar-refractivity contribution >= 4 is 6.09 Å². The van der Waals surface area contributed by atoms with Crippen molar-refractivity contribution in [1.29, 1.82) is 0 Å². The molecular formula is C21H27N3O2. The Morgan fingerprint density at radius 3 is 2.54 bits per heavy atom. The van der Waals surface area contributed by atoms with Crippen LogP contribution in [0.15, 0.2) is 60.7 Å². The summed E-state index contributed by atoms with van der Waals surface area (Å²) in [5, 5.41) is 3.45. The van der Waals surface area contributed by atoms with Gasteiger partial charge in [0, 0.05) is 19.1 Å². The van der Waals surface area contributed by atoms with Crippen molar-refractivity contribution < 1.29 is 9.53 Å². The first-order valence-corrected chi connectivity index (χ1v) is 9.25. The van der Waals surface area contributed by atoms with Crippen LogP contribution in [0.25, 0.3) is 0 Å². The normalized spacial score (nSPS) is 18.3. The number of ether oxygens (including phenoxy) is 1. The third-order valence-electron chi connectivity index (χ3n) is 4.74. The number of rotatable bonds is 6. The number of likely N-dealkylation sites (tertiary alicyclic amines) is 1. The number of hydrogen-bond acceptors (Lipinski definition) is 4. The predicted octanol–water partition coefficient (Wildman–Crippen LogP) is 3.42. The standard InChI is InChI=1S/C21H27N3O2/c22-19(18-11-5-2-6-12-18)15-23-20-13-7-8-14-24(20)21(25)26-16-17-9-3-1-4-10-17/h1-6,9-12,19-20,23H,7-8,13-16,22H2. The number of carbonyl (C=O) groups is 1. The molecule has 0 bridgehead atoms. The average Bonchev–Trinajstić information content (AvgIpc) is 2.72. The molecule has 1 saturated heterocycles. The largest absolute Gasteiger partial charge is 0.445 e. The van der Waals surface area contributed by atoms with Gasteiger partial charge in [-0.2, -0.15) is 0 Å². The number of carbonyl (C=O) groups excluding carboxylic acids is 1. The summed E-state index contributed by atoms with van der Waals surface area (Å²) in [6, 6.07) is 19.7. The fraction of sp³-hybridized carbons (Fsp3) is 0.381. The third kappa shape index (κ3) is 5.07. The minimum atomic E-state index is -0.265. The Bertz CT molecular complexity index is 678. The predicted molar refractivity (Wildman–Crippen MR) is 102 cm³/mol. The van der Waals surface area contributed by atoms with Crippen molar-refractivity contribution in [3.05, 3.63) is 71.8 Å². The van der Waals surface area contributed by atoms with E-state index in [1.165, 1.54) is 0 Å². The smallest absolute Gasteiger partial charge is 0.411 e. The lowest BCUT2D eigenvalue weighted by atomic mass is 10.1. The molecule has 0 spiro atoms. The fourth-order valence-corrected chi connectivity index (χ4v) is 3.25. The molecule has 0 aromatic heterocycles. The summed E-state index contributed by atoms with van der Waals surface area (Å²) < 4.78 is 5.50. The molecule has 0 saturated carbocycles. The quantitative estimate of drug-likeness (QED) is 0.835. The van der Waals surface area contributed by atoms with Crippen molar-refractivity contribution in [2.24, 2.45) is 5.73 Å². The molecule has 1 amide bonds. The van der Waals surface area contributed by atoms with Gasteiger partial charge in [-0.1, -0.05) is 60.7 Å². The van der Waals surface area contributed by atoms with Gasteiger partial charge in [-0.3, -0.25) is 10.2 Å². The van der Waals surface area contributed by atoms with Crippen molar-refractivity contribution in [1.82, 2.24) is 10.2 Å². The van der Waals surface area contributed by atoms with Crippen molar-refractivity contribution in [3.8, 4) is 0 Å². The molecule has 0 aliphatic carbocycles. The van der Waals surface area contributed by atoms with E-state index in [4.69, 9.17) is 10.5 Å². The molecule has 3 N–H and O–H groups in total. The van der Waals surface area contributed by atoms with Crippen LogP contribution in [0.4, 0.5) is 4.79 Å².